The third kappa shape index (κ3) is 5.88. The van der Waals surface area contributed by atoms with E-state index in [4.69, 9.17) is 4.74 Å². The van der Waals surface area contributed by atoms with Gasteiger partial charge in [0, 0.05) is 17.5 Å². The number of ether oxygens (including phenoxy) is 1. The quantitative estimate of drug-likeness (QED) is 0.726. The minimum absolute atomic E-state index is 0.0340. The van der Waals surface area contributed by atoms with Crippen LogP contribution in [0.2, 0.25) is 0 Å². The number of benzene rings is 1. The smallest absolute Gasteiger partial charge is 0.315 e. The fourth-order valence-corrected chi connectivity index (χ4v) is 2.67. The molecule has 2 aromatic rings. The van der Waals surface area contributed by atoms with Gasteiger partial charge in [-0.05, 0) is 36.1 Å². The summed E-state index contributed by atoms with van der Waals surface area (Å²) in [5.74, 6) is -0.0694. The molecule has 0 saturated heterocycles. The number of hydrogen-bond donors (Lipinski definition) is 3. The molecule has 0 spiro atoms. The van der Waals surface area contributed by atoms with Gasteiger partial charge in [-0.1, -0.05) is 6.07 Å². The fourth-order valence-electron chi connectivity index (χ4n) is 1.83. The maximum Gasteiger partial charge on any atom is 0.315 e. The van der Waals surface area contributed by atoms with Crippen LogP contribution in [0.15, 0.2) is 35.7 Å². The molecule has 0 bridgehead atoms. The molecule has 124 valence electrons. The average molecular weight is 338 g/mol. The van der Waals surface area contributed by atoms with Gasteiger partial charge in [-0.3, -0.25) is 0 Å². The van der Waals surface area contributed by atoms with Crippen molar-refractivity contribution in [2.24, 2.45) is 0 Å². The van der Waals surface area contributed by atoms with E-state index >= 15 is 0 Å². The van der Waals surface area contributed by atoms with Crippen molar-refractivity contribution >= 4 is 17.4 Å². The molecule has 23 heavy (non-hydrogen) atoms. The van der Waals surface area contributed by atoms with Crippen molar-refractivity contribution in [2.75, 3.05) is 13.2 Å². The summed E-state index contributed by atoms with van der Waals surface area (Å²) in [6, 6.07) is 7.30. The van der Waals surface area contributed by atoms with Crippen LogP contribution in [0, 0.1) is 12.7 Å². The summed E-state index contributed by atoms with van der Waals surface area (Å²) >= 11 is 1.58. The van der Waals surface area contributed by atoms with Gasteiger partial charge in [-0.25, -0.2) is 9.18 Å². The van der Waals surface area contributed by atoms with Crippen LogP contribution < -0.4 is 15.4 Å². The second-order valence-corrected chi connectivity index (χ2v) is 6.01. The number of carbonyl (C=O) groups excluding carboxylic acids is 1. The Labute approximate surface area is 138 Å². The molecule has 0 aliphatic heterocycles. The third-order valence-electron chi connectivity index (χ3n) is 3.11. The third-order valence-corrected chi connectivity index (χ3v) is 4.14. The Hall–Kier alpha value is -2.12. The van der Waals surface area contributed by atoms with Crippen LogP contribution in [0.3, 0.4) is 0 Å². The number of halogens is 1. The van der Waals surface area contributed by atoms with Crippen LogP contribution in [0.4, 0.5) is 9.18 Å². The molecule has 3 N–H and O–H groups in total. The molecule has 0 radical (unpaired) electrons. The molecule has 5 nitrogen and oxygen atoms in total. The average Bonchev–Trinajstić information content (AvgIpc) is 2.94. The summed E-state index contributed by atoms with van der Waals surface area (Å²) in [4.78, 5) is 12.7. The van der Waals surface area contributed by atoms with Crippen molar-refractivity contribution in [1.29, 1.82) is 0 Å². The number of thiophene rings is 1. The summed E-state index contributed by atoms with van der Waals surface area (Å²) in [6.45, 7) is 2.45. The summed E-state index contributed by atoms with van der Waals surface area (Å²) in [6.07, 6.45) is -0.882. The van der Waals surface area contributed by atoms with Crippen LogP contribution in [0.1, 0.15) is 10.4 Å². The number of hydrogen-bond acceptors (Lipinski definition) is 4. The topological polar surface area (TPSA) is 70.6 Å². The lowest BCUT2D eigenvalue weighted by atomic mass is 10.3. The second-order valence-electron chi connectivity index (χ2n) is 5.01. The highest BCUT2D eigenvalue weighted by Crippen LogP contribution is 2.14. The first kappa shape index (κ1) is 17.2. The number of aryl methyl sites for hydroxylation is 1. The normalized spacial score (nSPS) is 11.8. The Morgan fingerprint density at radius 1 is 1.39 bits per heavy atom. The second kappa shape index (κ2) is 8.50. The molecule has 2 rings (SSSR count). The molecular weight excluding hydrogens is 319 g/mol. The molecule has 1 atom stereocenters. The van der Waals surface area contributed by atoms with Crippen LogP contribution >= 0.6 is 11.3 Å². The van der Waals surface area contributed by atoms with E-state index < -0.39 is 11.9 Å². The molecule has 0 saturated carbocycles. The number of carbonyl (C=O) groups is 1. The predicted molar refractivity (Wildman–Crippen MR) is 87.2 cm³/mol. The summed E-state index contributed by atoms with van der Waals surface area (Å²) < 4.78 is 18.2. The number of aliphatic hydroxyl groups is 1. The number of rotatable bonds is 7. The lowest BCUT2D eigenvalue weighted by Gasteiger charge is -2.13. The Bertz CT molecular complexity index is 648. The molecule has 1 aromatic heterocycles. The van der Waals surface area contributed by atoms with E-state index in [1.807, 2.05) is 18.4 Å². The van der Waals surface area contributed by atoms with Crippen LogP contribution in [-0.2, 0) is 6.54 Å². The van der Waals surface area contributed by atoms with E-state index in [9.17, 15) is 14.3 Å². The Balaban J connectivity index is 1.64. The van der Waals surface area contributed by atoms with Gasteiger partial charge in [-0.15, -0.1) is 11.3 Å². The van der Waals surface area contributed by atoms with Crippen molar-refractivity contribution in [2.45, 2.75) is 19.6 Å². The zero-order valence-electron chi connectivity index (χ0n) is 12.7. The van der Waals surface area contributed by atoms with Crippen molar-refractivity contribution in [3.63, 3.8) is 0 Å². The van der Waals surface area contributed by atoms with Crippen LogP contribution in [0.5, 0.6) is 5.75 Å². The van der Waals surface area contributed by atoms with Crippen molar-refractivity contribution in [1.82, 2.24) is 10.6 Å². The highest BCUT2D eigenvalue weighted by atomic mass is 32.1. The number of aliphatic hydroxyl groups excluding tert-OH is 1. The van der Waals surface area contributed by atoms with E-state index in [0.717, 1.165) is 10.4 Å². The highest BCUT2D eigenvalue weighted by Gasteiger charge is 2.09. The molecule has 0 aliphatic carbocycles. The Kier molecular flexibility index (Phi) is 6.37. The van der Waals surface area contributed by atoms with Gasteiger partial charge in [0.1, 0.15) is 24.3 Å². The van der Waals surface area contributed by atoms with Crippen molar-refractivity contribution in [3.8, 4) is 5.75 Å². The fraction of sp³-hybridized carbons (Fsp3) is 0.312. The molecule has 0 aliphatic rings. The number of amides is 2. The first-order chi connectivity index (χ1) is 11.0. The van der Waals surface area contributed by atoms with E-state index in [1.54, 1.807) is 17.4 Å². The summed E-state index contributed by atoms with van der Waals surface area (Å²) in [5.41, 5.74) is 1.14. The van der Waals surface area contributed by atoms with E-state index in [1.165, 1.54) is 18.2 Å². The minimum atomic E-state index is -0.882. The zero-order valence-corrected chi connectivity index (χ0v) is 13.5. The molecule has 2 amide bonds. The summed E-state index contributed by atoms with van der Waals surface area (Å²) in [7, 11) is 0. The minimum Gasteiger partial charge on any atom is -0.491 e. The van der Waals surface area contributed by atoms with E-state index in [0.29, 0.717) is 12.3 Å². The number of nitrogens with one attached hydrogen (secondary N) is 2. The largest absolute Gasteiger partial charge is 0.491 e. The first-order valence-electron chi connectivity index (χ1n) is 7.15. The first-order valence-corrected chi connectivity index (χ1v) is 8.03. The lowest BCUT2D eigenvalue weighted by Crippen LogP contribution is -2.41. The van der Waals surface area contributed by atoms with E-state index in [2.05, 4.69) is 10.6 Å². The molecule has 0 unspecified atom stereocenters. The van der Waals surface area contributed by atoms with Crippen molar-refractivity contribution < 1.29 is 19.0 Å². The van der Waals surface area contributed by atoms with Gasteiger partial charge in [0.15, 0.2) is 0 Å². The van der Waals surface area contributed by atoms with Gasteiger partial charge >= 0.3 is 6.03 Å². The Morgan fingerprint density at radius 3 is 2.91 bits per heavy atom. The maximum atomic E-state index is 13.0. The molecular formula is C16H19FN2O3S. The SMILES string of the molecule is Cc1ccsc1CNC(=O)NC[C@@H](O)COc1cccc(F)c1. The van der Waals surface area contributed by atoms with Gasteiger partial charge < -0.3 is 20.5 Å². The van der Waals surface area contributed by atoms with Gasteiger partial charge in [0.2, 0.25) is 0 Å². The van der Waals surface area contributed by atoms with E-state index in [-0.39, 0.29) is 19.2 Å². The molecule has 7 heteroatoms. The van der Waals surface area contributed by atoms with Gasteiger partial charge in [0.05, 0.1) is 6.54 Å². The molecule has 0 fully saturated rings. The van der Waals surface area contributed by atoms with Crippen molar-refractivity contribution in [3.05, 3.63) is 52.0 Å². The van der Waals surface area contributed by atoms with Gasteiger partial charge in [0.25, 0.3) is 0 Å². The molecule has 1 heterocycles. The standard InChI is InChI=1S/C16H19FN2O3S/c1-11-5-6-23-15(11)9-19-16(21)18-8-13(20)10-22-14-4-2-3-12(17)7-14/h2-7,13,20H,8-10H2,1H3,(H2,18,19,21)/t13-/m1/s1. The maximum absolute atomic E-state index is 13.0. The van der Waals surface area contributed by atoms with Gasteiger partial charge in [-0.2, -0.15) is 0 Å². The highest BCUT2D eigenvalue weighted by molar-refractivity contribution is 7.10. The monoisotopic (exact) mass is 338 g/mol. The molecule has 1 aromatic carbocycles. The van der Waals surface area contributed by atoms with Crippen LogP contribution in [0.25, 0.3) is 0 Å². The number of urea groups is 1. The lowest BCUT2D eigenvalue weighted by molar-refractivity contribution is 0.107. The Morgan fingerprint density at radius 2 is 2.22 bits per heavy atom. The summed E-state index contributed by atoms with van der Waals surface area (Å²) in [5, 5.41) is 17.0. The zero-order chi connectivity index (χ0) is 16.7. The predicted octanol–water partition coefficient (Wildman–Crippen LogP) is 2.43. The van der Waals surface area contributed by atoms with Crippen LogP contribution in [-0.4, -0.2) is 30.4 Å².